The Kier molecular flexibility index (Phi) is 5.72. The maximum Gasteiger partial charge on any atom is 0.234 e. The van der Waals surface area contributed by atoms with Gasteiger partial charge >= 0.3 is 0 Å². The number of benzene rings is 2. The van der Waals surface area contributed by atoms with Gasteiger partial charge in [0.2, 0.25) is 11.8 Å². The minimum absolute atomic E-state index is 0.0372. The van der Waals surface area contributed by atoms with Crippen LogP contribution in [0, 0.1) is 0 Å². The molecule has 28 heavy (non-hydrogen) atoms. The molecular formula is C23H21BrN2O2. The number of ether oxygens (including phenoxy) is 1. The molecule has 1 fully saturated rings. The summed E-state index contributed by atoms with van der Waals surface area (Å²) in [5, 5.41) is 0. The summed E-state index contributed by atoms with van der Waals surface area (Å²) in [6.07, 6.45) is 2.48. The summed E-state index contributed by atoms with van der Waals surface area (Å²) in [6, 6.07) is 23.7. The highest BCUT2D eigenvalue weighted by molar-refractivity contribution is 9.10. The molecule has 2 heterocycles. The largest absolute Gasteiger partial charge is 0.472 e. The maximum atomic E-state index is 13.4. The molecule has 0 spiro atoms. The van der Waals surface area contributed by atoms with E-state index in [1.807, 2.05) is 77.7 Å². The lowest BCUT2D eigenvalue weighted by molar-refractivity contribution is -0.131. The second kappa shape index (κ2) is 8.57. The van der Waals surface area contributed by atoms with Gasteiger partial charge in [-0.2, -0.15) is 0 Å². The molecule has 0 saturated carbocycles. The molecule has 4 rings (SSSR count). The van der Waals surface area contributed by atoms with Crippen molar-refractivity contribution in [1.29, 1.82) is 0 Å². The first-order valence-corrected chi connectivity index (χ1v) is 10.2. The average molecular weight is 437 g/mol. The number of carbonyl (C=O) groups excluding carboxylic acids is 1. The highest BCUT2D eigenvalue weighted by Crippen LogP contribution is 2.29. The van der Waals surface area contributed by atoms with Crippen molar-refractivity contribution in [2.75, 3.05) is 13.1 Å². The van der Waals surface area contributed by atoms with Gasteiger partial charge in [0, 0.05) is 29.7 Å². The predicted octanol–water partition coefficient (Wildman–Crippen LogP) is 4.66. The van der Waals surface area contributed by atoms with Crippen LogP contribution in [0.1, 0.15) is 23.5 Å². The molecule has 1 aliphatic heterocycles. The lowest BCUT2D eigenvalue weighted by atomic mass is 9.90. The van der Waals surface area contributed by atoms with Crippen molar-refractivity contribution in [2.24, 2.45) is 0 Å². The molecule has 3 aromatic rings. The van der Waals surface area contributed by atoms with Crippen molar-refractivity contribution >= 4 is 21.8 Å². The zero-order valence-corrected chi connectivity index (χ0v) is 17.0. The Morgan fingerprint density at radius 2 is 1.64 bits per heavy atom. The van der Waals surface area contributed by atoms with Crippen molar-refractivity contribution in [1.82, 2.24) is 9.88 Å². The Morgan fingerprint density at radius 3 is 2.21 bits per heavy atom. The van der Waals surface area contributed by atoms with Gasteiger partial charge in [-0.05, 0) is 33.1 Å². The van der Waals surface area contributed by atoms with E-state index in [9.17, 15) is 4.79 Å². The summed E-state index contributed by atoms with van der Waals surface area (Å²) in [6.45, 7) is 1.27. The van der Waals surface area contributed by atoms with Crippen LogP contribution in [-0.4, -0.2) is 35.0 Å². The molecule has 0 N–H and O–H groups in total. The minimum atomic E-state index is -0.299. The number of pyridine rings is 1. The van der Waals surface area contributed by atoms with Crippen LogP contribution >= 0.6 is 15.9 Å². The van der Waals surface area contributed by atoms with Crippen molar-refractivity contribution in [3.63, 3.8) is 0 Å². The number of carbonyl (C=O) groups is 1. The van der Waals surface area contributed by atoms with Crippen LogP contribution in [0.2, 0.25) is 0 Å². The van der Waals surface area contributed by atoms with E-state index < -0.39 is 0 Å². The molecule has 1 aromatic heterocycles. The third kappa shape index (κ3) is 4.25. The summed E-state index contributed by atoms with van der Waals surface area (Å²) >= 11 is 3.38. The van der Waals surface area contributed by atoms with Crippen LogP contribution in [-0.2, 0) is 4.79 Å². The first-order chi connectivity index (χ1) is 13.7. The zero-order chi connectivity index (χ0) is 19.3. The van der Waals surface area contributed by atoms with Gasteiger partial charge in [-0.3, -0.25) is 4.79 Å². The van der Waals surface area contributed by atoms with Gasteiger partial charge < -0.3 is 9.64 Å². The van der Waals surface area contributed by atoms with E-state index in [0.29, 0.717) is 19.0 Å². The molecule has 142 valence electrons. The van der Waals surface area contributed by atoms with E-state index in [1.54, 1.807) is 6.20 Å². The standard InChI is InChI=1S/C23H21BrN2O2/c24-19-11-12-21(25-15-19)28-20-13-14-26(16-20)23(27)22(17-7-3-1-4-8-17)18-9-5-2-6-10-18/h1-12,15,20,22H,13-14,16H2/t20-/m1/s1. The highest BCUT2D eigenvalue weighted by atomic mass is 79.9. The second-order valence-electron chi connectivity index (χ2n) is 6.88. The average Bonchev–Trinajstić information content (AvgIpc) is 3.20. The van der Waals surface area contributed by atoms with Gasteiger partial charge in [-0.25, -0.2) is 4.98 Å². The van der Waals surface area contributed by atoms with E-state index in [2.05, 4.69) is 20.9 Å². The highest BCUT2D eigenvalue weighted by Gasteiger charge is 2.33. The first-order valence-electron chi connectivity index (χ1n) is 9.37. The van der Waals surface area contributed by atoms with Gasteiger partial charge in [-0.15, -0.1) is 0 Å². The molecule has 4 nitrogen and oxygen atoms in total. The fourth-order valence-corrected chi connectivity index (χ4v) is 3.81. The minimum Gasteiger partial charge on any atom is -0.472 e. The number of hydrogen-bond donors (Lipinski definition) is 0. The first kappa shape index (κ1) is 18.7. The van der Waals surface area contributed by atoms with E-state index in [1.165, 1.54) is 0 Å². The van der Waals surface area contributed by atoms with Gasteiger partial charge in [0.15, 0.2) is 0 Å². The third-order valence-corrected chi connectivity index (χ3v) is 5.43. The SMILES string of the molecule is O=C(C(c1ccccc1)c1ccccc1)N1CC[C@@H](Oc2ccc(Br)cn2)C1. The lowest BCUT2D eigenvalue weighted by Crippen LogP contribution is -2.35. The number of nitrogens with zero attached hydrogens (tertiary/aromatic N) is 2. The molecule has 0 unspecified atom stereocenters. The fourth-order valence-electron chi connectivity index (χ4n) is 3.58. The normalized spacial score (nSPS) is 16.4. The van der Waals surface area contributed by atoms with Crippen LogP contribution in [0.3, 0.4) is 0 Å². The van der Waals surface area contributed by atoms with Gasteiger partial charge in [0.05, 0.1) is 12.5 Å². The van der Waals surface area contributed by atoms with Crippen LogP contribution < -0.4 is 4.74 Å². The third-order valence-electron chi connectivity index (χ3n) is 4.96. The maximum absolute atomic E-state index is 13.4. The molecule has 5 heteroatoms. The zero-order valence-electron chi connectivity index (χ0n) is 15.4. The van der Waals surface area contributed by atoms with Gasteiger partial charge in [0.1, 0.15) is 6.10 Å². The fraction of sp³-hybridized carbons (Fsp3) is 0.217. The lowest BCUT2D eigenvalue weighted by Gasteiger charge is -2.24. The molecule has 1 amide bonds. The van der Waals surface area contributed by atoms with Crippen molar-refractivity contribution in [3.8, 4) is 5.88 Å². The van der Waals surface area contributed by atoms with Crippen LogP contribution in [0.4, 0.5) is 0 Å². The summed E-state index contributed by atoms with van der Waals surface area (Å²) in [7, 11) is 0. The predicted molar refractivity (Wildman–Crippen MR) is 112 cm³/mol. The molecule has 1 saturated heterocycles. The summed E-state index contributed by atoms with van der Waals surface area (Å²) < 4.78 is 6.89. The molecule has 1 atom stereocenters. The van der Waals surface area contributed by atoms with Gasteiger partial charge in [-0.1, -0.05) is 60.7 Å². The number of hydrogen-bond acceptors (Lipinski definition) is 3. The van der Waals surface area contributed by atoms with E-state index >= 15 is 0 Å². The number of rotatable bonds is 5. The summed E-state index contributed by atoms with van der Waals surface area (Å²) in [4.78, 5) is 19.6. The quantitative estimate of drug-likeness (QED) is 0.584. The van der Waals surface area contributed by atoms with Crippen LogP contribution in [0.25, 0.3) is 0 Å². The summed E-state index contributed by atoms with van der Waals surface area (Å²) in [5.41, 5.74) is 2.02. The molecule has 0 radical (unpaired) electrons. The topological polar surface area (TPSA) is 42.4 Å². The van der Waals surface area contributed by atoms with Crippen molar-refractivity contribution in [2.45, 2.75) is 18.4 Å². The van der Waals surface area contributed by atoms with E-state index in [0.717, 1.165) is 22.0 Å². The van der Waals surface area contributed by atoms with Crippen LogP contribution in [0.5, 0.6) is 5.88 Å². The molecular weight excluding hydrogens is 416 g/mol. The summed E-state index contributed by atoms with van der Waals surface area (Å²) in [5.74, 6) is 0.407. The number of amides is 1. The Bertz CT molecular complexity index is 877. The van der Waals surface area contributed by atoms with Crippen molar-refractivity contribution in [3.05, 3.63) is 94.6 Å². The Labute approximate surface area is 173 Å². The van der Waals surface area contributed by atoms with E-state index in [-0.39, 0.29) is 17.9 Å². The Hall–Kier alpha value is -2.66. The molecule has 0 bridgehead atoms. The smallest absolute Gasteiger partial charge is 0.234 e. The molecule has 1 aliphatic rings. The van der Waals surface area contributed by atoms with Crippen molar-refractivity contribution < 1.29 is 9.53 Å². The number of likely N-dealkylation sites (tertiary alicyclic amines) is 1. The second-order valence-corrected chi connectivity index (χ2v) is 7.80. The van der Waals surface area contributed by atoms with E-state index in [4.69, 9.17) is 4.74 Å². The number of aromatic nitrogens is 1. The molecule has 0 aliphatic carbocycles. The Morgan fingerprint density at radius 1 is 1.00 bits per heavy atom. The molecule has 2 aromatic carbocycles. The van der Waals surface area contributed by atoms with Gasteiger partial charge in [0.25, 0.3) is 0 Å². The van der Waals surface area contributed by atoms with Crippen LogP contribution in [0.15, 0.2) is 83.5 Å². The number of halogens is 1. The Balaban J connectivity index is 1.51. The monoisotopic (exact) mass is 436 g/mol.